The number of hydrogen-bond acceptors (Lipinski definition) is 4. The zero-order chi connectivity index (χ0) is 17.3. The van der Waals surface area contributed by atoms with E-state index in [0.717, 1.165) is 22.6 Å². The summed E-state index contributed by atoms with van der Waals surface area (Å²) in [5.41, 5.74) is 2.54. The first-order valence-electron chi connectivity index (χ1n) is 7.30. The van der Waals surface area contributed by atoms with Gasteiger partial charge in [-0.05, 0) is 43.7 Å². The third-order valence-corrected chi connectivity index (χ3v) is 6.40. The summed E-state index contributed by atoms with van der Waals surface area (Å²) in [6.45, 7) is 4.38. The minimum absolute atomic E-state index is 0.171. The molecule has 2 aromatic heterocycles. The largest absolute Gasteiger partial charge is 0.279 e. The first-order valence-corrected chi connectivity index (χ1v) is 9.66. The van der Waals surface area contributed by atoms with Crippen molar-refractivity contribution in [2.45, 2.75) is 24.6 Å². The SMILES string of the molecule is CCn1nccc1-c1csc(S(=O)(=O)Nc2cc(F)ccc2C)c1. The van der Waals surface area contributed by atoms with Crippen LogP contribution in [0.4, 0.5) is 10.1 Å². The fourth-order valence-corrected chi connectivity index (χ4v) is 4.62. The van der Waals surface area contributed by atoms with Gasteiger partial charge in [0.25, 0.3) is 10.0 Å². The Kier molecular flexibility index (Phi) is 4.42. The molecular formula is C16H16FN3O2S2. The van der Waals surface area contributed by atoms with E-state index < -0.39 is 15.8 Å². The standard InChI is InChI=1S/C16H16FN3O2S2/c1-3-20-15(6-7-18-20)12-8-16(23-10-12)24(21,22)19-14-9-13(17)5-4-11(14)2/h4-10,19H,3H2,1-2H3. The molecule has 3 rings (SSSR count). The van der Waals surface area contributed by atoms with Crippen molar-refractivity contribution in [2.75, 3.05) is 4.72 Å². The highest BCUT2D eigenvalue weighted by molar-refractivity contribution is 7.94. The second-order valence-corrected chi connectivity index (χ2v) is 8.07. The molecule has 1 N–H and O–H groups in total. The fraction of sp³-hybridized carbons (Fsp3) is 0.188. The van der Waals surface area contributed by atoms with E-state index in [1.807, 2.05) is 13.0 Å². The normalized spacial score (nSPS) is 11.6. The van der Waals surface area contributed by atoms with Gasteiger partial charge in [-0.3, -0.25) is 9.40 Å². The van der Waals surface area contributed by atoms with E-state index in [2.05, 4.69) is 9.82 Å². The lowest BCUT2D eigenvalue weighted by molar-refractivity contribution is 0.603. The lowest BCUT2D eigenvalue weighted by Crippen LogP contribution is -2.12. The Balaban J connectivity index is 1.92. The smallest absolute Gasteiger partial charge is 0.271 e. The quantitative estimate of drug-likeness (QED) is 0.746. The number of nitrogens with one attached hydrogen (secondary N) is 1. The van der Waals surface area contributed by atoms with Crippen molar-refractivity contribution in [3.63, 3.8) is 0 Å². The van der Waals surface area contributed by atoms with Gasteiger partial charge in [-0.15, -0.1) is 11.3 Å². The molecule has 0 bridgehead atoms. The summed E-state index contributed by atoms with van der Waals surface area (Å²) in [7, 11) is -3.77. The van der Waals surface area contributed by atoms with Gasteiger partial charge in [-0.1, -0.05) is 6.07 Å². The summed E-state index contributed by atoms with van der Waals surface area (Å²) in [4.78, 5) is 0. The molecule has 0 radical (unpaired) electrons. The van der Waals surface area contributed by atoms with E-state index in [1.54, 1.807) is 29.2 Å². The van der Waals surface area contributed by atoms with Gasteiger partial charge in [-0.25, -0.2) is 12.8 Å². The molecule has 2 heterocycles. The fourth-order valence-electron chi connectivity index (χ4n) is 2.32. The Morgan fingerprint density at radius 3 is 2.83 bits per heavy atom. The molecular weight excluding hydrogens is 349 g/mol. The van der Waals surface area contributed by atoms with Crippen LogP contribution in [-0.4, -0.2) is 18.2 Å². The van der Waals surface area contributed by atoms with Gasteiger partial charge < -0.3 is 0 Å². The summed E-state index contributed by atoms with van der Waals surface area (Å²) >= 11 is 1.12. The van der Waals surface area contributed by atoms with Crippen molar-refractivity contribution >= 4 is 27.0 Å². The van der Waals surface area contributed by atoms with Gasteiger partial charge in [0.2, 0.25) is 0 Å². The number of aryl methyl sites for hydroxylation is 2. The van der Waals surface area contributed by atoms with Gasteiger partial charge >= 0.3 is 0 Å². The molecule has 3 aromatic rings. The molecule has 126 valence electrons. The summed E-state index contributed by atoms with van der Waals surface area (Å²) < 4.78 is 42.9. The number of thiophene rings is 1. The van der Waals surface area contributed by atoms with E-state index >= 15 is 0 Å². The monoisotopic (exact) mass is 365 g/mol. The number of nitrogens with zero attached hydrogens (tertiary/aromatic N) is 2. The minimum atomic E-state index is -3.77. The molecule has 0 atom stereocenters. The van der Waals surface area contributed by atoms with Crippen LogP contribution in [0.1, 0.15) is 12.5 Å². The molecule has 0 spiro atoms. The molecule has 5 nitrogen and oxygen atoms in total. The third-order valence-electron chi connectivity index (χ3n) is 3.60. The van der Waals surface area contributed by atoms with E-state index in [0.29, 0.717) is 12.1 Å². The summed E-state index contributed by atoms with van der Waals surface area (Å²) in [5.74, 6) is -0.489. The average molecular weight is 365 g/mol. The van der Waals surface area contributed by atoms with Crippen LogP contribution in [0, 0.1) is 12.7 Å². The maximum absolute atomic E-state index is 13.4. The highest BCUT2D eigenvalue weighted by atomic mass is 32.2. The second kappa shape index (κ2) is 6.37. The highest BCUT2D eigenvalue weighted by Crippen LogP contribution is 2.30. The Bertz CT molecular complexity index is 977. The van der Waals surface area contributed by atoms with Crippen LogP contribution in [0.15, 0.2) is 46.1 Å². The van der Waals surface area contributed by atoms with Crippen LogP contribution in [0.25, 0.3) is 11.3 Å². The topological polar surface area (TPSA) is 64.0 Å². The first-order chi connectivity index (χ1) is 11.4. The van der Waals surface area contributed by atoms with E-state index in [9.17, 15) is 12.8 Å². The number of halogens is 1. The number of aromatic nitrogens is 2. The third kappa shape index (κ3) is 3.20. The molecule has 0 aliphatic carbocycles. The van der Waals surface area contributed by atoms with Gasteiger partial charge in [0.15, 0.2) is 0 Å². The molecule has 0 unspecified atom stereocenters. The van der Waals surface area contributed by atoms with Crippen molar-refractivity contribution in [1.82, 2.24) is 9.78 Å². The lowest BCUT2D eigenvalue weighted by Gasteiger charge is -2.09. The van der Waals surface area contributed by atoms with Crippen molar-refractivity contribution in [3.8, 4) is 11.3 Å². The highest BCUT2D eigenvalue weighted by Gasteiger charge is 2.19. The van der Waals surface area contributed by atoms with Gasteiger partial charge in [0.1, 0.15) is 10.0 Å². The minimum Gasteiger partial charge on any atom is -0.279 e. The Labute approximate surface area is 143 Å². The maximum atomic E-state index is 13.4. The predicted molar refractivity (Wildman–Crippen MR) is 93.2 cm³/mol. The van der Waals surface area contributed by atoms with Crippen molar-refractivity contribution in [1.29, 1.82) is 0 Å². The van der Waals surface area contributed by atoms with Crippen LogP contribution in [0.5, 0.6) is 0 Å². The zero-order valence-electron chi connectivity index (χ0n) is 13.2. The van der Waals surface area contributed by atoms with Crippen LogP contribution < -0.4 is 4.72 Å². The molecule has 0 fully saturated rings. The Morgan fingerprint density at radius 2 is 2.08 bits per heavy atom. The molecule has 1 aromatic carbocycles. The number of rotatable bonds is 5. The van der Waals surface area contributed by atoms with Crippen molar-refractivity contribution in [3.05, 3.63) is 53.3 Å². The first kappa shape index (κ1) is 16.7. The summed E-state index contributed by atoms with van der Waals surface area (Å²) in [5, 5.41) is 5.96. The van der Waals surface area contributed by atoms with E-state index in [-0.39, 0.29) is 9.90 Å². The van der Waals surface area contributed by atoms with Crippen molar-refractivity contribution in [2.24, 2.45) is 0 Å². The second-order valence-electron chi connectivity index (χ2n) is 5.25. The number of benzene rings is 1. The summed E-state index contributed by atoms with van der Waals surface area (Å²) in [6.07, 6.45) is 1.68. The molecule has 24 heavy (non-hydrogen) atoms. The van der Waals surface area contributed by atoms with E-state index in [1.165, 1.54) is 18.2 Å². The average Bonchev–Trinajstić information content (AvgIpc) is 3.18. The van der Waals surface area contributed by atoms with Gasteiger partial charge in [-0.2, -0.15) is 5.10 Å². The molecule has 0 aliphatic heterocycles. The molecule has 8 heteroatoms. The lowest BCUT2D eigenvalue weighted by atomic mass is 10.2. The zero-order valence-corrected chi connectivity index (χ0v) is 14.8. The van der Waals surface area contributed by atoms with E-state index in [4.69, 9.17) is 0 Å². The molecule has 0 aliphatic rings. The maximum Gasteiger partial charge on any atom is 0.271 e. The van der Waals surface area contributed by atoms with Crippen molar-refractivity contribution < 1.29 is 12.8 Å². The van der Waals surface area contributed by atoms with Crippen LogP contribution in [0.2, 0.25) is 0 Å². The predicted octanol–water partition coefficient (Wildman–Crippen LogP) is 3.88. The number of sulfonamides is 1. The Morgan fingerprint density at radius 1 is 1.29 bits per heavy atom. The molecule has 0 amide bonds. The van der Waals surface area contributed by atoms with Crippen LogP contribution in [0.3, 0.4) is 0 Å². The molecule has 0 saturated heterocycles. The van der Waals surface area contributed by atoms with Gasteiger partial charge in [0.05, 0.1) is 11.4 Å². The van der Waals surface area contributed by atoms with Crippen LogP contribution in [-0.2, 0) is 16.6 Å². The number of anilines is 1. The number of hydrogen-bond donors (Lipinski definition) is 1. The van der Waals surface area contributed by atoms with Crippen LogP contribution >= 0.6 is 11.3 Å². The molecule has 0 saturated carbocycles. The Hall–Kier alpha value is -2.19. The summed E-state index contributed by atoms with van der Waals surface area (Å²) in [6, 6.07) is 7.44. The van der Waals surface area contributed by atoms with Gasteiger partial charge in [0, 0.05) is 23.7 Å².